The Labute approximate surface area is 168 Å². The Morgan fingerprint density at radius 1 is 1.11 bits per heavy atom. The van der Waals surface area contributed by atoms with E-state index in [9.17, 15) is 8.42 Å². The van der Waals surface area contributed by atoms with Crippen LogP contribution in [0.15, 0.2) is 53.4 Å². The average molecular weight is 423 g/mol. The van der Waals surface area contributed by atoms with E-state index in [1.54, 1.807) is 30.6 Å². The molecule has 0 bridgehead atoms. The van der Waals surface area contributed by atoms with Crippen LogP contribution in [0, 0.1) is 6.92 Å². The molecular formula is C19H19ClN2O3S2. The summed E-state index contributed by atoms with van der Waals surface area (Å²) in [7, 11) is -1.92. The van der Waals surface area contributed by atoms with E-state index in [1.807, 2.05) is 31.2 Å². The van der Waals surface area contributed by atoms with Crippen LogP contribution in [0.3, 0.4) is 0 Å². The van der Waals surface area contributed by atoms with E-state index in [-0.39, 0.29) is 4.90 Å². The number of hydrogen-bond acceptors (Lipinski definition) is 5. The molecule has 0 amide bonds. The molecule has 1 aromatic heterocycles. The van der Waals surface area contributed by atoms with E-state index in [0.717, 1.165) is 26.9 Å². The van der Waals surface area contributed by atoms with Gasteiger partial charge in [0, 0.05) is 22.0 Å². The third kappa shape index (κ3) is 4.87. The highest BCUT2D eigenvalue weighted by atomic mass is 35.5. The van der Waals surface area contributed by atoms with Gasteiger partial charge in [-0.25, -0.2) is 18.1 Å². The number of benzene rings is 2. The molecule has 27 heavy (non-hydrogen) atoms. The highest BCUT2D eigenvalue weighted by Crippen LogP contribution is 2.29. The first-order valence-electron chi connectivity index (χ1n) is 8.25. The third-order valence-electron chi connectivity index (χ3n) is 4.00. The SMILES string of the molecule is COc1ccc(-c2nc(C)c(CCNS(=O)(=O)c3ccc(Cl)cc3)s2)cc1. The smallest absolute Gasteiger partial charge is 0.240 e. The molecule has 0 unspecified atom stereocenters. The van der Waals surface area contributed by atoms with E-state index in [2.05, 4.69) is 9.71 Å². The number of ether oxygens (including phenoxy) is 1. The van der Waals surface area contributed by atoms with Crippen molar-refractivity contribution in [1.29, 1.82) is 0 Å². The van der Waals surface area contributed by atoms with Gasteiger partial charge in [0.2, 0.25) is 10.0 Å². The highest BCUT2D eigenvalue weighted by molar-refractivity contribution is 7.89. The number of hydrogen-bond donors (Lipinski definition) is 1. The zero-order chi connectivity index (χ0) is 19.4. The van der Waals surface area contributed by atoms with Crippen molar-refractivity contribution in [2.24, 2.45) is 0 Å². The van der Waals surface area contributed by atoms with Gasteiger partial charge in [-0.3, -0.25) is 0 Å². The van der Waals surface area contributed by atoms with E-state index in [0.29, 0.717) is 18.0 Å². The molecule has 0 aliphatic heterocycles. The van der Waals surface area contributed by atoms with Gasteiger partial charge in [0.25, 0.3) is 0 Å². The minimum absolute atomic E-state index is 0.201. The summed E-state index contributed by atoms with van der Waals surface area (Å²) in [5.41, 5.74) is 1.92. The summed E-state index contributed by atoms with van der Waals surface area (Å²) in [6, 6.07) is 13.8. The number of nitrogens with one attached hydrogen (secondary N) is 1. The summed E-state index contributed by atoms with van der Waals surface area (Å²) in [5.74, 6) is 0.795. The molecule has 0 spiro atoms. The second-order valence-electron chi connectivity index (χ2n) is 5.86. The molecule has 1 N–H and O–H groups in total. The van der Waals surface area contributed by atoms with Crippen molar-refractivity contribution in [3.05, 3.63) is 64.1 Å². The van der Waals surface area contributed by atoms with Gasteiger partial charge in [0.1, 0.15) is 10.8 Å². The molecule has 0 radical (unpaired) electrons. The molecule has 2 aromatic carbocycles. The van der Waals surface area contributed by atoms with E-state index in [4.69, 9.17) is 16.3 Å². The van der Waals surface area contributed by atoms with Crippen LogP contribution >= 0.6 is 22.9 Å². The minimum Gasteiger partial charge on any atom is -0.497 e. The standard InChI is InChI=1S/C19H19ClN2O3S2/c1-13-18(26-19(22-13)14-3-7-16(25-2)8-4-14)11-12-21-27(23,24)17-9-5-15(20)6-10-17/h3-10,21H,11-12H2,1-2H3. The molecule has 0 aliphatic carbocycles. The summed E-state index contributed by atoms with van der Waals surface area (Å²) in [6.07, 6.45) is 0.576. The van der Waals surface area contributed by atoms with Crippen molar-refractivity contribution in [3.8, 4) is 16.3 Å². The molecule has 3 rings (SSSR count). The predicted octanol–water partition coefficient (Wildman–Crippen LogP) is 4.30. The Hall–Kier alpha value is -1.93. The second-order valence-corrected chi connectivity index (χ2v) is 9.14. The van der Waals surface area contributed by atoms with Crippen LogP contribution in [-0.2, 0) is 16.4 Å². The number of methoxy groups -OCH3 is 1. The summed E-state index contributed by atoms with van der Waals surface area (Å²) in [5, 5.41) is 1.41. The second kappa shape index (κ2) is 8.39. The van der Waals surface area contributed by atoms with Crippen LogP contribution in [0.1, 0.15) is 10.6 Å². The first kappa shape index (κ1) is 19.8. The number of rotatable bonds is 7. The average Bonchev–Trinajstić information content (AvgIpc) is 3.03. The lowest BCUT2D eigenvalue weighted by atomic mass is 10.2. The molecule has 8 heteroatoms. The molecule has 0 aliphatic rings. The number of aromatic nitrogens is 1. The van der Waals surface area contributed by atoms with Crippen molar-refractivity contribution in [3.63, 3.8) is 0 Å². The van der Waals surface area contributed by atoms with Crippen molar-refractivity contribution < 1.29 is 13.2 Å². The fraction of sp³-hybridized carbons (Fsp3) is 0.211. The number of thiazole rings is 1. The quantitative estimate of drug-likeness (QED) is 0.616. The Morgan fingerprint density at radius 2 is 1.78 bits per heavy atom. The van der Waals surface area contributed by atoms with E-state index < -0.39 is 10.0 Å². The number of aryl methyl sites for hydroxylation is 1. The van der Waals surface area contributed by atoms with Crippen molar-refractivity contribution in [2.75, 3.05) is 13.7 Å². The number of sulfonamides is 1. The maximum Gasteiger partial charge on any atom is 0.240 e. The largest absolute Gasteiger partial charge is 0.497 e. The molecule has 0 fully saturated rings. The van der Waals surface area contributed by atoms with Crippen molar-refractivity contribution >= 4 is 33.0 Å². The highest BCUT2D eigenvalue weighted by Gasteiger charge is 2.15. The van der Waals surface area contributed by atoms with E-state index >= 15 is 0 Å². The zero-order valence-electron chi connectivity index (χ0n) is 14.9. The van der Waals surface area contributed by atoms with E-state index in [1.165, 1.54) is 12.1 Å². The van der Waals surface area contributed by atoms with Gasteiger partial charge in [-0.05, 0) is 61.9 Å². The van der Waals surface area contributed by atoms with Crippen LogP contribution in [0.5, 0.6) is 5.75 Å². The molecule has 0 atom stereocenters. The van der Waals surface area contributed by atoms with Gasteiger partial charge in [-0.2, -0.15) is 0 Å². The summed E-state index contributed by atoms with van der Waals surface area (Å²) in [6.45, 7) is 2.24. The van der Waals surface area contributed by atoms with Gasteiger partial charge in [0.05, 0.1) is 17.7 Å². The third-order valence-corrected chi connectivity index (χ3v) is 6.99. The fourth-order valence-corrected chi connectivity index (χ4v) is 4.74. The fourth-order valence-electron chi connectivity index (χ4n) is 2.51. The van der Waals surface area contributed by atoms with Crippen LogP contribution in [0.4, 0.5) is 0 Å². The van der Waals surface area contributed by atoms with Gasteiger partial charge >= 0.3 is 0 Å². The van der Waals surface area contributed by atoms with Gasteiger partial charge in [-0.15, -0.1) is 11.3 Å². The lowest BCUT2D eigenvalue weighted by Crippen LogP contribution is -2.25. The molecule has 0 saturated carbocycles. The Morgan fingerprint density at radius 3 is 2.41 bits per heavy atom. The molecule has 1 heterocycles. The van der Waals surface area contributed by atoms with Crippen LogP contribution in [0.2, 0.25) is 5.02 Å². The molecular weight excluding hydrogens is 404 g/mol. The predicted molar refractivity (Wildman–Crippen MR) is 109 cm³/mol. The van der Waals surface area contributed by atoms with Gasteiger partial charge < -0.3 is 4.74 Å². The Kier molecular flexibility index (Phi) is 6.16. The first-order valence-corrected chi connectivity index (χ1v) is 10.9. The van der Waals surface area contributed by atoms with Gasteiger partial charge in [0.15, 0.2) is 0 Å². The topological polar surface area (TPSA) is 68.3 Å². The van der Waals surface area contributed by atoms with Crippen molar-refractivity contribution in [2.45, 2.75) is 18.2 Å². The van der Waals surface area contributed by atoms with Crippen LogP contribution < -0.4 is 9.46 Å². The van der Waals surface area contributed by atoms with Gasteiger partial charge in [-0.1, -0.05) is 11.6 Å². The first-order chi connectivity index (χ1) is 12.9. The lowest BCUT2D eigenvalue weighted by Gasteiger charge is -2.06. The Bertz CT molecular complexity index is 1010. The zero-order valence-corrected chi connectivity index (χ0v) is 17.3. The summed E-state index contributed by atoms with van der Waals surface area (Å²) >= 11 is 7.38. The lowest BCUT2D eigenvalue weighted by molar-refractivity contribution is 0.415. The maximum absolute atomic E-state index is 12.3. The monoisotopic (exact) mass is 422 g/mol. The maximum atomic E-state index is 12.3. The minimum atomic E-state index is -3.55. The normalized spacial score (nSPS) is 11.5. The van der Waals surface area contributed by atoms with Crippen molar-refractivity contribution in [1.82, 2.24) is 9.71 Å². The van der Waals surface area contributed by atoms with Crippen LogP contribution in [0.25, 0.3) is 10.6 Å². The Balaban J connectivity index is 1.66. The van der Waals surface area contributed by atoms with Crippen LogP contribution in [-0.4, -0.2) is 27.1 Å². The molecule has 3 aromatic rings. The molecule has 142 valence electrons. The molecule has 0 saturated heterocycles. The molecule has 5 nitrogen and oxygen atoms in total. The summed E-state index contributed by atoms with van der Waals surface area (Å²) < 4.78 is 32.5. The number of nitrogens with zero attached hydrogens (tertiary/aromatic N) is 1. The number of halogens is 1. The summed E-state index contributed by atoms with van der Waals surface area (Å²) in [4.78, 5) is 5.86.